The molecule has 152 valence electrons. The third kappa shape index (κ3) is 5.13. The fourth-order valence-electron chi connectivity index (χ4n) is 3.46. The molecule has 1 saturated heterocycles. The van der Waals surface area contributed by atoms with Crippen LogP contribution >= 0.6 is 0 Å². The number of nitrogens with zero attached hydrogens (tertiary/aromatic N) is 1. The van der Waals surface area contributed by atoms with E-state index in [9.17, 15) is 14.4 Å². The van der Waals surface area contributed by atoms with Crippen LogP contribution in [-0.2, 0) is 16.0 Å². The van der Waals surface area contributed by atoms with Gasteiger partial charge in [0, 0.05) is 13.1 Å². The summed E-state index contributed by atoms with van der Waals surface area (Å²) in [5.74, 6) is -1.31. The average molecular weight is 396 g/mol. The number of carbonyl (C=O) groups is 3. The van der Waals surface area contributed by atoms with Gasteiger partial charge >= 0.3 is 5.97 Å². The first-order chi connectivity index (χ1) is 14.0. The Morgan fingerprint density at radius 2 is 1.93 bits per heavy atom. The molecule has 1 aliphatic rings. The van der Waals surface area contributed by atoms with E-state index in [4.69, 9.17) is 9.84 Å². The Morgan fingerprint density at radius 1 is 1.17 bits per heavy atom. The number of rotatable bonds is 6. The van der Waals surface area contributed by atoms with Gasteiger partial charge in [-0.05, 0) is 36.6 Å². The van der Waals surface area contributed by atoms with Crippen LogP contribution in [0, 0.1) is 5.92 Å². The quantitative estimate of drug-likeness (QED) is 0.783. The summed E-state index contributed by atoms with van der Waals surface area (Å²) in [5.41, 5.74) is 1.44. The fourth-order valence-corrected chi connectivity index (χ4v) is 3.46. The Bertz CT molecular complexity index is 897. The van der Waals surface area contributed by atoms with Crippen LogP contribution < -0.4 is 10.1 Å². The Morgan fingerprint density at radius 3 is 2.62 bits per heavy atom. The summed E-state index contributed by atoms with van der Waals surface area (Å²) in [6, 6.07) is 13.8. The van der Waals surface area contributed by atoms with Crippen molar-refractivity contribution in [3.05, 3.63) is 59.7 Å². The van der Waals surface area contributed by atoms with Crippen LogP contribution in [0.4, 0.5) is 5.69 Å². The van der Waals surface area contributed by atoms with E-state index in [1.165, 1.54) is 25.3 Å². The lowest BCUT2D eigenvalue weighted by atomic mass is 9.96. The van der Waals surface area contributed by atoms with E-state index in [1.807, 2.05) is 30.3 Å². The number of amides is 2. The van der Waals surface area contributed by atoms with Gasteiger partial charge in [0.15, 0.2) is 0 Å². The molecule has 0 aliphatic carbocycles. The molecule has 1 aliphatic heterocycles. The number of hydrogen-bond acceptors (Lipinski definition) is 4. The molecule has 7 nitrogen and oxygen atoms in total. The van der Waals surface area contributed by atoms with Crippen LogP contribution in [0.15, 0.2) is 48.5 Å². The van der Waals surface area contributed by atoms with Crippen LogP contribution in [0.3, 0.4) is 0 Å². The Labute approximate surface area is 169 Å². The number of ether oxygens (including phenoxy) is 1. The molecule has 1 unspecified atom stereocenters. The minimum Gasteiger partial charge on any atom is -0.495 e. The molecular formula is C22H24N2O5. The molecule has 0 saturated carbocycles. The lowest BCUT2D eigenvalue weighted by molar-refractivity contribution is -0.133. The largest absolute Gasteiger partial charge is 0.495 e. The van der Waals surface area contributed by atoms with Gasteiger partial charge in [-0.2, -0.15) is 0 Å². The van der Waals surface area contributed by atoms with Gasteiger partial charge in [0.2, 0.25) is 11.8 Å². The van der Waals surface area contributed by atoms with Crippen molar-refractivity contribution < 1.29 is 24.2 Å². The van der Waals surface area contributed by atoms with Crippen molar-refractivity contribution >= 4 is 23.5 Å². The number of carbonyl (C=O) groups excluding carboxylic acids is 2. The minimum absolute atomic E-state index is 0.0112. The SMILES string of the molecule is COc1cc(C(=O)O)ccc1NC(=O)C1CCCN(C(=O)Cc2ccccc2)C1. The highest BCUT2D eigenvalue weighted by molar-refractivity contribution is 5.96. The molecule has 29 heavy (non-hydrogen) atoms. The molecule has 1 atom stereocenters. The predicted molar refractivity (Wildman–Crippen MR) is 108 cm³/mol. The molecule has 0 bridgehead atoms. The summed E-state index contributed by atoms with van der Waals surface area (Å²) < 4.78 is 5.21. The fraction of sp³-hybridized carbons (Fsp3) is 0.318. The molecule has 2 aromatic rings. The standard InChI is InChI=1S/C22H24N2O5/c1-29-19-13-16(22(27)28)9-10-18(19)23-21(26)17-8-5-11-24(14-17)20(25)12-15-6-3-2-4-7-15/h2-4,6-7,9-10,13,17H,5,8,11-12,14H2,1H3,(H,23,26)(H,27,28). The number of carboxylic acid groups (broad SMARTS) is 1. The number of aromatic carboxylic acids is 1. The van der Waals surface area contributed by atoms with E-state index in [2.05, 4.69) is 5.32 Å². The van der Waals surface area contributed by atoms with Gasteiger partial charge in [-0.25, -0.2) is 4.79 Å². The Hall–Kier alpha value is -3.35. The van der Waals surface area contributed by atoms with Gasteiger partial charge < -0.3 is 20.1 Å². The van der Waals surface area contributed by atoms with Crippen LogP contribution in [0.1, 0.15) is 28.8 Å². The highest BCUT2D eigenvalue weighted by Crippen LogP contribution is 2.27. The summed E-state index contributed by atoms with van der Waals surface area (Å²) in [4.78, 5) is 38.2. The average Bonchev–Trinajstić information content (AvgIpc) is 2.74. The molecule has 0 spiro atoms. The van der Waals surface area contributed by atoms with Crippen molar-refractivity contribution in [2.75, 3.05) is 25.5 Å². The third-order valence-electron chi connectivity index (χ3n) is 5.05. The first-order valence-corrected chi connectivity index (χ1v) is 9.52. The lowest BCUT2D eigenvalue weighted by Crippen LogP contribution is -2.44. The second-order valence-electron chi connectivity index (χ2n) is 7.05. The van der Waals surface area contributed by atoms with Gasteiger partial charge in [-0.3, -0.25) is 9.59 Å². The number of piperidine rings is 1. The van der Waals surface area contributed by atoms with E-state index in [0.29, 0.717) is 31.6 Å². The van der Waals surface area contributed by atoms with Crippen LogP contribution in [-0.4, -0.2) is 48.0 Å². The van der Waals surface area contributed by atoms with Crippen LogP contribution in [0.25, 0.3) is 0 Å². The van der Waals surface area contributed by atoms with Gasteiger partial charge in [-0.15, -0.1) is 0 Å². The van der Waals surface area contributed by atoms with E-state index in [-0.39, 0.29) is 29.0 Å². The predicted octanol–water partition coefficient (Wildman–Crippen LogP) is 2.81. The number of nitrogens with one attached hydrogen (secondary N) is 1. The van der Waals surface area contributed by atoms with Crippen molar-refractivity contribution in [2.45, 2.75) is 19.3 Å². The van der Waals surface area contributed by atoms with Gasteiger partial charge in [-0.1, -0.05) is 30.3 Å². The first-order valence-electron chi connectivity index (χ1n) is 9.52. The van der Waals surface area contributed by atoms with Gasteiger partial charge in [0.05, 0.1) is 30.7 Å². The number of benzene rings is 2. The number of hydrogen-bond donors (Lipinski definition) is 2. The monoisotopic (exact) mass is 396 g/mol. The smallest absolute Gasteiger partial charge is 0.335 e. The van der Waals surface area contributed by atoms with E-state index in [1.54, 1.807) is 4.90 Å². The molecule has 2 N–H and O–H groups in total. The van der Waals surface area contributed by atoms with E-state index < -0.39 is 5.97 Å². The molecule has 1 fully saturated rings. The molecule has 0 radical (unpaired) electrons. The topological polar surface area (TPSA) is 95.9 Å². The second-order valence-corrected chi connectivity index (χ2v) is 7.05. The zero-order valence-electron chi connectivity index (χ0n) is 16.3. The summed E-state index contributed by atoms with van der Waals surface area (Å²) in [5, 5.41) is 11.9. The molecule has 7 heteroatoms. The zero-order valence-corrected chi connectivity index (χ0v) is 16.3. The number of likely N-dealkylation sites (tertiary alicyclic amines) is 1. The summed E-state index contributed by atoms with van der Waals surface area (Å²) in [6.45, 7) is 1.01. The number of anilines is 1. The molecule has 3 rings (SSSR count). The first kappa shape index (κ1) is 20.4. The highest BCUT2D eigenvalue weighted by Gasteiger charge is 2.29. The third-order valence-corrected chi connectivity index (χ3v) is 5.05. The lowest BCUT2D eigenvalue weighted by Gasteiger charge is -2.32. The molecule has 0 aromatic heterocycles. The Kier molecular flexibility index (Phi) is 6.49. The zero-order chi connectivity index (χ0) is 20.8. The maximum absolute atomic E-state index is 12.8. The molecule has 2 amide bonds. The summed E-state index contributed by atoms with van der Waals surface area (Å²) in [6.07, 6.45) is 1.77. The summed E-state index contributed by atoms with van der Waals surface area (Å²) in [7, 11) is 1.42. The maximum atomic E-state index is 12.8. The second kappa shape index (κ2) is 9.23. The van der Waals surface area contributed by atoms with Crippen molar-refractivity contribution in [3.63, 3.8) is 0 Å². The molecule has 2 aromatic carbocycles. The van der Waals surface area contributed by atoms with Crippen LogP contribution in [0.5, 0.6) is 5.75 Å². The van der Waals surface area contributed by atoms with Crippen molar-refractivity contribution in [1.29, 1.82) is 0 Å². The van der Waals surface area contributed by atoms with Crippen LogP contribution in [0.2, 0.25) is 0 Å². The molecule has 1 heterocycles. The highest BCUT2D eigenvalue weighted by atomic mass is 16.5. The van der Waals surface area contributed by atoms with Gasteiger partial charge in [0.25, 0.3) is 0 Å². The van der Waals surface area contributed by atoms with E-state index >= 15 is 0 Å². The van der Waals surface area contributed by atoms with E-state index in [0.717, 1.165) is 12.0 Å². The normalized spacial score (nSPS) is 16.2. The Balaban J connectivity index is 1.64. The van der Waals surface area contributed by atoms with Gasteiger partial charge in [0.1, 0.15) is 5.75 Å². The maximum Gasteiger partial charge on any atom is 0.335 e. The van der Waals surface area contributed by atoms with Crippen molar-refractivity contribution in [3.8, 4) is 5.75 Å². The summed E-state index contributed by atoms with van der Waals surface area (Å²) >= 11 is 0. The van der Waals surface area contributed by atoms with Crippen molar-refractivity contribution in [2.24, 2.45) is 5.92 Å². The number of methoxy groups -OCH3 is 1. The van der Waals surface area contributed by atoms with Crippen molar-refractivity contribution in [1.82, 2.24) is 4.90 Å². The number of carboxylic acids is 1. The molecular weight excluding hydrogens is 372 g/mol. The minimum atomic E-state index is -1.07.